The lowest BCUT2D eigenvalue weighted by Gasteiger charge is -2.33. The minimum Gasteiger partial charge on any atom is -0.444 e. The largest absolute Gasteiger partial charge is 0.444 e. The lowest BCUT2D eigenvalue weighted by molar-refractivity contribution is 0.139. The second-order valence-corrected chi connectivity index (χ2v) is 8.77. The number of amides is 1. The molecule has 10 heteroatoms. The Hall–Kier alpha value is -2.98. The Morgan fingerprint density at radius 3 is 2.55 bits per heavy atom. The van der Waals surface area contributed by atoms with Gasteiger partial charge in [0.25, 0.3) is 7.41 Å². The Bertz CT molecular complexity index is 979. The fourth-order valence-electron chi connectivity index (χ4n) is 4.13. The van der Waals surface area contributed by atoms with Crippen molar-refractivity contribution in [2.45, 2.75) is 46.0 Å². The second-order valence-electron chi connectivity index (χ2n) is 8.77. The number of nitrogens with zero attached hydrogens (tertiary/aromatic N) is 5. The highest BCUT2D eigenvalue weighted by Crippen LogP contribution is 2.28. The Kier molecular flexibility index (Phi) is 7.24. The van der Waals surface area contributed by atoms with Crippen LogP contribution in [0.1, 0.15) is 43.5 Å². The first kappa shape index (κ1) is 23.2. The van der Waals surface area contributed by atoms with E-state index in [4.69, 9.17) is 4.74 Å². The third kappa shape index (κ3) is 5.51. The molecule has 9 nitrogen and oxygen atoms in total. The molecule has 2 aromatic rings. The van der Waals surface area contributed by atoms with Crippen LogP contribution in [0.5, 0.6) is 0 Å². The monoisotopic (exact) mass is 449 g/mol. The van der Waals surface area contributed by atoms with Crippen molar-refractivity contribution in [3.63, 3.8) is 0 Å². The minimum atomic E-state index is -0.380. The number of cyclic esters (lactones) is 1. The molecular formula is C23H30BN6O3. The molecule has 1 saturated heterocycles. The van der Waals surface area contributed by atoms with E-state index >= 15 is 0 Å². The second kappa shape index (κ2) is 10.3. The van der Waals surface area contributed by atoms with Crippen LogP contribution < -0.4 is 10.2 Å². The van der Waals surface area contributed by atoms with Crippen LogP contribution in [0.15, 0.2) is 30.5 Å². The van der Waals surface area contributed by atoms with Gasteiger partial charge in [-0.2, -0.15) is 4.98 Å². The van der Waals surface area contributed by atoms with E-state index in [-0.39, 0.29) is 24.8 Å². The summed E-state index contributed by atoms with van der Waals surface area (Å²) in [6, 6.07) is 8.50. The molecule has 0 bridgehead atoms. The molecule has 0 spiro atoms. The first-order valence-electron chi connectivity index (χ1n) is 11.4. The van der Waals surface area contributed by atoms with E-state index in [9.17, 15) is 9.59 Å². The van der Waals surface area contributed by atoms with Crippen molar-refractivity contribution in [2.75, 3.05) is 36.4 Å². The van der Waals surface area contributed by atoms with E-state index in [0.717, 1.165) is 50.0 Å². The highest BCUT2D eigenvalue weighted by Gasteiger charge is 2.30. The molecule has 1 aromatic heterocycles. The van der Waals surface area contributed by atoms with Crippen LogP contribution >= 0.6 is 0 Å². The number of benzene rings is 1. The molecule has 1 amide bonds. The van der Waals surface area contributed by atoms with E-state index in [1.54, 1.807) is 18.5 Å². The summed E-state index contributed by atoms with van der Waals surface area (Å²) in [5.41, 5.74) is 3.19. The molecule has 2 aliphatic rings. The maximum atomic E-state index is 12.2. The summed E-state index contributed by atoms with van der Waals surface area (Å²) in [4.78, 5) is 37.8. The summed E-state index contributed by atoms with van der Waals surface area (Å²) in [6.45, 7) is 10.7. The third-order valence-electron chi connectivity index (χ3n) is 6.04. The SMILES string of the molecule is CC(C)N1C(=O)OCc2cnc(N[C@@H](C)c3ccc(CN4CCN([B]C=O)CC4)cc3)nc21. The summed E-state index contributed by atoms with van der Waals surface area (Å²) >= 11 is 0. The van der Waals surface area contributed by atoms with E-state index in [2.05, 4.69) is 56.2 Å². The number of carbonyl (C=O) groups excluding carboxylic acids is 2. The van der Waals surface area contributed by atoms with Gasteiger partial charge in [0.1, 0.15) is 12.4 Å². The van der Waals surface area contributed by atoms with Crippen molar-refractivity contribution >= 4 is 31.5 Å². The van der Waals surface area contributed by atoms with Gasteiger partial charge in [-0.25, -0.2) is 9.78 Å². The molecule has 2 aliphatic heterocycles. The number of aromatic nitrogens is 2. The van der Waals surface area contributed by atoms with Gasteiger partial charge < -0.3 is 19.7 Å². The van der Waals surface area contributed by atoms with Gasteiger partial charge in [-0.05, 0) is 31.9 Å². The Morgan fingerprint density at radius 2 is 1.88 bits per heavy atom. The highest BCUT2D eigenvalue weighted by molar-refractivity contribution is 6.64. The van der Waals surface area contributed by atoms with Crippen molar-refractivity contribution in [1.29, 1.82) is 0 Å². The van der Waals surface area contributed by atoms with Crippen LogP contribution in [0.25, 0.3) is 0 Å². The zero-order valence-corrected chi connectivity index (χ0v) is 19.4. The molecule has 4 rings (SSSR count). The Morgan fingerprint density at radius 1 is 1.15 bits per heavy atom. The van der Waals surface area contributed by atoms with Gasteiger partial charge in [0.2, 0.25) is 5.95 Å². The molecule has 1 atom stereocenters. The Labute approximate surface area is 195 Å². The summed E-state index contributed by atoms with van der Waals surface area (Å²) in [7, 11) is 1.62. The van der Waals surface area contributed by atoms with Gasteiger partial charge in [0, 0.05) is 45.0 Å². The topological polar surface area (TPSA) is 90.9 Å². The predicted molar refractivity (Wildman–Crippen MR) is 128 cm³/mol. The number of hydrogen-bond acceptors (Lipinski definition) is 8. The van der Waals surface area contributed by atoms with Crippen molar-refractivity contribution in [3.05, 3.63) is 47.2 Å². The number of anilines is 2. The quantitative estimate of drug-likeness (QED) is 0.486. The first-order valence-corrected chi connectivity index (χ1v) is 11.4. The summed E-state index contributed by atoms with van der Waals surface area (Å²) in [5.74, 6) is 1.09. The zero-order valence-electron chi connectivity index (χ0n) is 19.4. The smallest absolute Gasteiger partial charge is 0.416 e. The van der Waals surface area contributed by atoms with Crippen LogP contribution in [0.3, 0.4) is 0 Å². The minimum absolute atomic E-state index is 0.00238. The van der Waals surface area contributed by atoms with Gasteiger partial charge >= 0.3 is 6.09 Å². The van der Waals surface area contributed by atoms with Gasteiger partial charge in [-0.3, -0.25) is 9.80 Å². The molecule has 0 unspecified atom stereocenters. The summed E-state index contributed by atoms with van der Waals surface area (Å²) < 4.78 is 5.22. The first-order chi connectivity index (χ1) is 15.9. The van der Waals surface area contributed by atoms with Crippen molar-refractivity contribution < 1.29 is 14.3 Å². The van der Waals surface area contributed by atoms with E-state index in [0.29, 0.717) is 11.8 Å². The standard InChI is InChI=1S/C23H30BN6O3/c1-16(2)30-21-20(14-33-23(30)32)12-25-22(27-21)26-17(3)19-6-4-18(5-7-19)13-28-8-10-29(11-9-28)24-15-31/h4-7,12,15-17H,8-11,13-14H2,1-3H3,(H,25,26,27)/t17-/m0/s1. The molecular weight excluding hydrogens is 419 g/mol. The number of fused-ring (bicyclic) bond motifs is 1. The fourth-order valence-corrected chi connectivity index (χ4v) is 4.13. The normalized spacial score (nSPS) is 17.9. The predicted octanol–water partition coefficient (Wildman–Crippen LogP) is 2.44. The van der Waals surface area contributed by atoms with Crippen LogP contribution in [-0.4, -0.2) is 71.6 Å². The molecule has 0 aliphatic carbocycles. The fraction of sp³-hybridized carbons (Fsp3) is 0.478. The van der Waals surface area contributed by atoms with Gasteiger partial charge in [-0.1, -0.05) is 24.3 Å². The number of rotatable bonds is 8. The van der Waals surface area contributed by atoms with E-state index < -0.39 is 0 Å². The van der Waals surface area contributed by atoms with Crippen LogP contribution in [-0.2, 0) is 22.7 Å². The number of carbonyl (C=O) groups is 2. The maximum absolute atomic E-state index is 12.2. The van der Waals surface area contributed by atoms with E-state index in [1.165, 1.54) is 5.56 Å². The van der Waals surface area contributed by atoms with E-state index in [1.807, 2.05) is 13.8 Å². The molecule has 1 N–H and O–H groups in total. The number of ether oxygens (including phenoxy) is 1. The number of hydrogen-bond donors (Lipinski definition) is 1. The number of nitrogens with one attached hydrogen (secondary N) is 1. The molecule has 1 radical (unpaired) electrons. The highest BCUT2D eigenvalue weighted by atomic mass is 16.6. The summed E-state index contributed by atoms with van der Waals surface area (Å²) in [5, 5.41) is 3.35. The van der Waals surface area contributed by atoms with Crippen molar-refractivity contribution in [3.8, 4) is 0 Å². The van der Waals surface area contributed by atoms with Gasteiger partial charge in [0.05, 0.1) is 17.8 Å². The average Bonchev–Trinajstić information content (AvgIpc) is 2.80. The zero-order chi connectivity index (χ0) is 23.4. The lowest BCUT2D eigenvalue weighted by Crippen LogP contribution is -2.47. The average molecular weight is 449 g/mol. The molecule has 1 fully saturated rings. The van der Waals surface area contributed by atoms with Crippen molar-refractivity contribution in [2.24, 2.45) is 0 Å². The van der Waals surface area contributed by atoms with Gasteiger partial charge in [-0.15, -0.1) is 0 Å². The molecule has 173 valence electrons. The van der Waals surface area contributed by atoms with Gasteiger partial charge in [0.15, 0.2) is 0 Å². The number of piperazine rings is 1. The summed E-state index contributed by atoms with van der Waals surface area (Å²) in [6.07, 6.45) is 2.19. The van der Waals surface area contributed by atoms with Crippen LogP contribution in [0.4, 0.5) is 16.6 Å². The molecule has 0 saturated carbocycles. The van der Waals surface area contributed by atoms with Crippen LogP contribution in [0.2, 0.25) is 0 Å². The molecule has 3 heterocycles. The molecule has 33 heavy (non-hydrogen) atoms. The van der Waals surface area contributed by atoms with Crippen LogP contribution in [0, 0.1) is 0 Å². The molecule has 1 aromatic carbocycles. The third-order valence-corrected chi connectivity index (χ3v) is 6.04. The maximum Gasteiger partial charge on any atom is 0.416 e. The Balaban J connectivity index is 1.37. The van der Waals surface area contributed by atoms with Crippen molar-refractivity contribution in [1.82, 2.24) is 19.7 Å². The lowest BCUT2D eigenvalue weighted by atomic mass is 9.93.